The average molecular weight is 248 g/mol. The molecule has 1 rings (SSSR count). The number of rotatable bonds is 7. The zero-order valence-corrected chi connectivity index (χ0v) is 12.5. The van der Waals surface area contributed by atoms with Crippen LogP contribution in [-0.2, 0) is 0 Å². The van der Waals surface area contributed by atoms with Gasteiger partial charge in [-0.05, 0) is 37.1 Å². The van der Waals surface area contributed by atoms with Crippen LogP contribution in [0.1, 0.15) is 45.7 Å². The van der Waals surface area contributed by atoms with Crippen molar-refractivity contribution in [2.24, 2.45) is 5.92 Å². The van der Waals surface area contributed by atoms with Crippen molar-refractivity contribution >= 4 is 5.69 Å². The molecule has 0 fully saturated rings. The Labute approximate surface area is 112 Å². The molecule has 2 unspecified atom stereocenters. The SMILES string of the molecule is CCNC(C)c1ccc(N(C)CC(C)CC)cc1. The maximum absolute atomic E-state index is 3.44. The summed E-state index contributed by atoms with van der Waals surface area (Å²) >= 11 is 0. The molecule has 102 valence electrons. The van der Waals surface area contributed by atoms with E-state index in [1.54, 1.807) is 0 Å². The molecule has 1 aromatic rings. The first-order valence-corrected chi connectivity index (χ1v) is 7.12. The van der Waals surface area contributed by atoms with Crippen molar-refractivity contribution < 1.29 is 0 Å². The molecule has 0 radical (unpaired) electrons. The fourth-order valence-electron chi connectivity index (χ4n) is 2.14. The summed E-state index contributed by atoms with van der Waals surface area (Å²) in [6.45, 7) is 11.0. The Balaban J connectivity index is 2.64. The van der Waals surface area contributed by atoms with Gasteiger partial charge in [-0.2, -0.15) is 0 Å². The summed E-state index contributed by atoms with van der Waals surface area (Å²) in [5.41, 5.74) is 2.67. The molecule has 0 amide bonds. The van der Waals surface area contributed by atoms with E-state index in [0.717, 1.165) is 19.0 Å². The van der Waals surface area contributed by atoms with Crippen molar-refractivity contribution in [1.29, 1.82) is 0 Å². The lowest BCUT2D eigenvalue weighted by Crippen LogP contribution is -2.23. The molecule has 0 aliphatic carbocycles. The quantitative estimate of drug-likeness (QED) is 0.788. The second kappa shape index (κ2) is 7.42. The van der Waals surface area contributed by atoms with E-state index in [9.17, 15) is 0 Å². The topological polar surface area (TPSA) is 15.3 Å². The van der Waals surface area contributed by atoms with Gasteiger partial charge in [-0.15, -0.1) is 0 Å². The second-order valence-corrected chi connectivity index (χ2v) is 5.26. The van der Waals surface area contributed by atoms with Crippen LogP contribution in [-0.4, -0.2) is 20.1 Å². The molecule has 0 spiro atoms. The van der Waals surface area contributed by atoms with E-state index in [2.05, 4.69) is 69.2 Å². The van der Waals surface area contributed by atoms with Crippen molar-refractivity contribution in [1.82, 2.24) is 5.32 Å². The molecule has 0 heterocycles. The van der Waals surface area contributed by atoms with Crippen LogP contribution < -0.4 is 10.2 Å². The molecule has 1 aromatic carbocycles. The minimum Gasteiger partial charge on any atom is -0.374 e. The predicted octanol–water partition coefficient (Wildman–Crippen LogP) is 3.84. The van der Waals surface area contributed by atoms with E-state index < -0.39 is 0 Å². The van der Waals surface area contributed by atoms with Crippen molar-refractivity contribution in [3.05, 3.63) is 29.8 Å². The highest BCUT2D eigenvalue weighted by atomic mass is 15.1. The molecule has 0 aliphatic rings. The number of nitrogens with zero attached hydrogens (tertiary/aromatic N) is 1. The average Bonchev–Trinajstić information content (AvgIpc) is 2.39. The Morgan fingerprint density at radius 3 is 2.22 bits per heavy atom. The number of benzene rings is 1. The summed E-state index contributed by atoms with van der Waals surface area (Å²) in [7, 11) is 2.18. The van der Waals surface area contributed by atoms with Gasteiger partial charge in [-0.25, -0.2) is 0 Å². The second-order valence-electron chi connectivity index (χ2n) is 5.26. The molecule has 0 saturated heterocycles. The summed E-state index contributed by atoms with van der Waals surface area (Å²) in [5, 5.41) is 3.44. The normalized spacial score (nSPS) is 14.3. The van der Waals surface area contributed by atoms with Crippen LogP contribution >= 0.6 is 0 Å². The summed E-state index contributed by atoms with van der Waals surface area (Å²) in [6, 6.07) is 9.35. The van der Waals surface area contributed by atoms with Crippen LogP contribution in [0.25, 0.3) is 0 Å². The summed E-state index contributed by atoms with van der Waals surface area (Å²) in [5.74, 6) is 0.746. The van der Waals surface area contributed by atoms with E-state index in [1.165, 1.54) is 17.7 Å². The lowest BCUT2D eigenvalue weighted by atomic mass is 10.1. The summed E-state index contributed by atoms with van der Waals surface area (Å²) < 4.78 is 0. The highest BCUT2D eigenvalue weighted by molar-refractivity contribution is 5.47. The zero-order chi connectivity index (χ0) is 13.5. The third kappa shape index (κ3) is 4.34. The lowest BCUT2D eigenvalue weighted by molar-refractivity contribution is 0.559. The van der Waals surface area contributed by atoms with Crippen molar-refractivity contribution in [3.8, 4) is 0 Å². The largest absolute Gasteiger partial charge is 0.374 e. The van der Waals surface area contributed by atoms with Gasteiger partial charge in [0.15, 0.2) is 0 Å². The van der Waals surface area contributed by atoms with Crippen LogP contribution in [0.4, 0.5) is 5.69 Å². The van der Waals surface area contributed by atoms with E-state index in [4.69, 9.17) is 0 Å². The molecule has 1 N–H and O–H groups in total. The molecule has 0 bridgehead atoms. The lowest BCUT2D eigenvalue weighted by Gasteiger charge is -2.23. The first-order valence-electron chi connectivity index (χ1n) is 7.12. The van der Waals surface area contributed by atoms with Gasteiger partial charge in [0, 0.05) is 25.3 Å². The molecule has 2 heteroatoms. The van der Waals surface area contributed by atoms with Crippen molar-refractivity contribution in [2.75, 3.05) is 25.0 Å². The highest BCUT2D eigenvalue weighted by Crippen LogP contribution is 2.19. The van der Waals surface area contributed by atoms with Crippen LogP contribution in [0.15, 0.2) is 24.3 Å². The third-order valence-corrected chi connectivity index (χ3v) is 3.63. The smallest absolute Gasteiger partial charge is 0.0363 e. The summed E-state index contributed by atoms with van der Waals surface area (Å²) in [4.78, 5) is 2.34. The fourth-order valence-corrected chi connectivity index (χ4v) is 2.14. The predicted molar refractivity (Wildman–Crippen MR) is 81.3 cm³/mol. The van der Waals surface area contributed by atoms with Gasteiger partial charge in [0.1, 0.15) is 0 Å². The standard InChI is InChI=1S/C16H28N2/c1-6-13(3)12-18(5)16-10-8-15(9-11-16)14(4)17-7-2/h8-11,13-14,17H,6-7,12H2,1-5H3. The molecular formula is C16H28N2. The minimum atomic E-state index is 0.434. The van der Waals surface area contributed by atoms with Gasteiger partial charge in [0.05, 0.1) is 0 Å². The van der Waals surface area contributed by atoms with Gasteiger partial charge >= 0.3 is 0 Å². The zero-order valence-electron chi connectivity index (χ0n) is 12.5. The molecule has 0 aliphatic heterocycles. The summed E-state index contributed by atoms with van der Waals surface area (Å²) in [6.07, 6.45) is 1.24. The highest BCUT2D eigenvalue weighted by Gasteiger charge is 2.07. The Morgan fingerprint density at radius 1 is 1.11 bits per heavy atom. The van der Waals surface area contributed by atoms with Crippen molar-refractivity contribution in [2.45, 2.75) is 40.2 Å². The van der Waals surface area contributed by atoms with Gasteiger partial charge < -0.3 is 10.2 Å². The Morgan fingerprint density at radius 2 is 1.72 bits per heavy atom. The van der Waals surface area contributed by atoms with E-state index in [-0.39, 0.29) is 0 Å². The molecule has 18 heavy (non-hydrogen) atoms. The van der Waals surface area contributed by atoms with E-state index in [0.29, 0.717) is 6.04 Å². The van der Waals surface area contributed by atoms with Gasteiger partial charge in [0.25, 0.3) is 0 Å². The first-order chi connectivity index (χ1) is 8.58. The van der Waals surface area contributed by atoms with Crippen LogP contribution in [0.2, 0.25) is 0 Å². The number of hydrogen-bond donors (Lipinski definition) is 1. The number of anilines is 1. The Bertz CT molecular complexity index is 331. The fraction of sp³-hybridized carbons (Fsp3) is 0.625. The van der Waals surface area contributed by atoms with Crippen LogP contribution in [0.3, 0.4) is 0 Å². The van der Waals surface area contributed by atoms with Crippen LogP contribution in [0, 0.1) is 5.92 Å². The molecular weight excluding hydrogens is 220 g/mol. The maximum atomic E-state index is 3.44. The number of nitrogens with one attached hydrogen (secondary N) is 1. The molecule has 2 nitrogen and oxygen atoms in total. The molecule has 0 saturated carbocycles. The first kappa shape index (κ1) is 15.0. The minimum absolute atomic E-state index is 0.434. The Hall–Kier alpha value is -1.02. The van der Waals surface area contributed by atoms with Crippen molar-refractivity contribution in [3.63, 3.8) is 0 Å². The number of hydrogen-bond acceptors (Lipinski definition) is 2. The van der Waals surface area contributed by atoms with Gasteiger partial charge in [-0.1, -0.05) is 39.3 Å². The molecule has 2 atom stereocenters. The van der Waals surface area contributed by atoms with Crippen LogP contribution in [0.5, 0.6) is 0 Å². The van der Waals surface area contributed by atoms with Gasteiger partial charge in [0.2, 0.25) is 0 Å². The molecule has 0 aromatic heterocycles. The van der Waals surface area contributed by atoms with E-state index in [1.807, 2.05) is 0 Å². The maximum Gasteiger partial charge on any atom is 0.0363 e. The third-order valence-electron chi connectivity index (χ3n) is 3.63. The van der Waals surface area contributed by atoms with Gasteiger partial charge in [-0.3, -0.25) is 0 Å². The Kier molecular flexibility index (Phi) is 6.20. The van der Waals surface area contributed by atoms with E-state index >= 15 is 0 Å². The monoisotopic (exact) mass is 248 g/mol.